The van der Waals surface area contributed by atoms with Gasteiger partial charge < -0.3 is 20.1 Å². The predicted octanol–water partition coefficient (Wildman–Crippen LogP) is 1.17. The van der Waals surface area contributed by atoms with Gasteiger partial charge in [0.15, 0.2) is 11.5 Å². The number of nitrogens with one attached hydrogen (secondary N) is 2. The number of benzene rings is 1. The molecule has 0 aliphatic carbocycles. The first-order valence-corrected chi connectivity index (χ1v) is 8.43. The lowest BCUT2D eigenvalue weighted by molar-refractivity contribution is -0.121. The van der Waals surface area contributed by atoms with Crippen LogP contribution in [0.2, 0.25) is 0 Å². The van der Waals surface area contributed by atoms with Crippen molar-refractivity contribution in [3.05, 3.63) is 23.8 Å². The summed E-state index contributed by atoms with van der Waals surface area (Å²) in [6.45, 7) is 2.68. The van der Waals surface area contributed by atoms with E-state index in [9.17, 15) is 4.79 Å². The first-order chi connectivity index (χ1) is 10.3. The number of carbonyl (C=O) groups is 1. The zero-order valence-electron chi connectivity index (χ0n) is 11.9. The monoisotopic (exact) mass is 308 g/mol. The molecule has 0 bridgehead atoms. The van der Waals surface area contributed by atoms with Crippen LogP contribution in [0.25, 0.3) is 0 Å². The van der Waals surface area contributed by atoms with Gasteiger partial charge in [-0.2, -0.15) is 11.8 Å². The van der Waals surface area contributed by atoms with Gasteiger partial charge in [0.1, 0.15) is 13.2 Å². The first kappa shape index (κ1) is 14.5. The zero-order valence-corrected chi connectivity index (χ0v) is 12.7. The Balaban J connectivity index is 1.49. The second-order valence-electron chi connectivity index (χ2n) is 5.18. The van der Waals surface area contributed by atoms with Gasteiger partial charge in [0.25, 0.3) is 0 Å². The molecule has 6 heteroatoms. The number of thioether (sulfide) groups is 1. The average molecular weight is 308 g/mol. The molecule has 2 aliphatic rings. The third kappa shape index (κ3) is 4.04. The lowest BCUT2D eigenvalue weighted by Crippen LogP contribution is -2.41. The van der Waals surface area contributed by atoms with Crippen LogP contribution in [0.3, 0.4) is 0 Å². The van der Waals surface area contributed by atoms with E-state index in [1.807, 2.05) is 30.0 Å². The summed E-state index contributed by atoms with van der Waals surface area (Å²) < 4.78 is 11.0. The summed E-state index contributed by atoms with van der Waals surface area (Å²) in [4.78, 5) is 12.0. The van der Waals surface area contributed by atoms with E-state index in [2.05, 4.69) is 10.6 Å². The molecule has 1 aromatic carbocycles. The number of fused-ring (bicyclic) bond motifs is 1. The molecule has 21 heavy (non-hydrogen) atoms. The fourth-order valence-corrected chi connectivity index (χ4v) is 3.39. The highest BCUT2D eigenvalue weighted by atomic mass is 32.2. The predicted molar refractivity (Wildman–Crippen MR) is 83.0 cm³/mol. The molecule has 1 aromatic rings. The van der Waals surface area contributed by atoms with E-state index >= 15 is 0 Å². The molecule has 5 nitrogen and oxygen atoms in total. The summed E-state index contributed by atoms with van der Waals surface area (Å²) in [5, 5.41) is 6.34. The summed E-state index contributed by atoms with van der Waals surface area (Å²) in [7, 11) is 0. The quantitative estimate of drug-likeness (QED) is 0.874. The molecule has 0 aromatic heterocycles. The summed E-state index contributed by atoms with van der Waals surface area (Å²) in [6.07, 6.45) is 0.539. The molecule has 1 unspecified atom stereocenters. The van der Waals surface area contributed by atoms with Gasteiger partial charge in [0, 0.05) is 37.1 Å². The van der Waals surface area contributed by atoms with Crippen LogP contribution in [0.1, 0.15) is 12.0 Å². The van der Waals surface area contributed by atoms with Gasteiger partial charge in [-0.15, -0.1) is 0 Å². The highest BCUT2D eigenvalue weighted by Gasteiger charge is 2.17. The van der Waals surface area contributed by atoms with Crippen LogP contribution < -0.4 is 20.1 Å². The second-order valence-corrected chi connectivity index (χ2v) is 6.33. The molecule has 0 spiro atoms. The van der Waals surface area contributed by atoms with Crippen molar-refractivity contribution in [2.45, 2.75) is 19.0 Å². The molecule has 2 N–H and O–H groups in total. The Hall–Kier alpha value is -1.40. The van der Waals surface area contributed by atoms with Crippen molar-refractivity contribution in [1.29, 1.82) is 0 Å². The number of hydrogen-bond donors (Lipinski definition) is 2. The molecule has 0 saturated carbocycles. The van der Waals surface area contributed by atoms with Crippen LogP contribution in [0.4, 0.5) is 0 Å². The van der Waals surface area contributed by atoms with Crippen molar-refractivity contribution in [3.8, 4) is 11.5 Å². The van der Waals surface area contributed by atoms with Gasteiger partial charge in [-0.1, -0.05) is 6.07 Å². The molecule has 1 saturated heterocycles. The Morgan fingerprint density at radius 2 is 2.19 bits per heavy atom. The topological polar surface area (TPSA) is 59.6 Å². The van der Waals surface area contributed by atoms with Crippen molar-refractivity contribution in [2.24, 2.45) is 0 Å². The summed E-state index contributed by atoms with van der Waals surface area (Å²) in [6, 6.07) is 6.09. The van der Waals surface area contributed by atoms with E-state index in [4.69, 9.17) is 9.47 Å². The molecular weight excluding hydrogens is 288 g/mol. The Labute approximate surface area is 128 Å². The van der Waals surface area contributed by atoms with Gasteiger partial charge in [-0.3, -0.25) is 4.79 Å². The fraction of sp³-hybridized carbons (Fsp3) is 0.533. The van der Waals surface area contributed by atoms with E-state index in [0.717, 1.165) is 35.1 Å². The molecule has 3 rings (SSSR count). The maximum atomic E-state index is 12.0. The molecular formula is C15H20N2O3S. The largest absolute Gasteiger partial charge is 0.486 e. The van der Waals surface area contributed by atoms with Crippen LogP contribution in [0, 0.1) is 0 Å². The Bertz CT molecular complexity index is 504. The Morgan fingerprint density at radius 3 is 3.00 bits per heavy atom. The minimum absolute atomic E-state index is 0.0879. The molecule has 2 heterocycles. The third-order valence-electron chi connectivity index (χ3n) is 3.53. The van der Waals surface area contributed by atoms with Crippen molar-refractivity contribution >= 4 is 17.7 Å². The summed E-state index contributed by atoms with van der Waals surface area (Å²) in [5.41, 5.74) is 1.03. The lowest BCUT2D eigenvalue weighted by atomic mass is 10.1. The minimum atomic E-state index is 0.0879. The van der Waals surface area contributed by atoms with Gasteiger partial charge in [-0.05, 0) is 17.7 Å². The molecule has 1 fully saturated rings. The lowest BCUT2D eigenvalue weighted by Gasteiger charge is -2.22. The summed E-state index contributed by atoms with van der Waals surface area (Å²) in [5.74, 6) is 3.77. The maximum Gasteiger partial charge on any atom is 0.221 e. The highest BCUT2D eigenvalue weighted by Crippen LogP contribution is 2.30. The Kier molecular flexibility index (Phi) is 4.87. The number of hydrogen-bond acceptors (Lipinski definition) is 5. The van der Waals surface area contributed by atoms with Crippen LogP contribution in [-0.4, -0.2) is 43.2 Å². The van der Waals surface area contributed by atoms with Crippen molar-refractivity contribution in [2.75, 3.05) is 31.3 Å². The fourth-order valence-electron chi connectivity index (χ4n) is 2.45. The second kappa shape index (κ2) is 7.04. The highest BCUT2D eigenvalue weighted by molar-refractivity contribution is 7.99. The average Bonchev–Trinajstić information content (AvgIpc) is 2.54. The smallest absolute Gasteiger partial charge is 0.221 e. The maximum absolute atomic E-state index is 12.0. The SMILES string of the molecule is O=C(CC1CSCCN1)NCc1ccc2c(c1)OCCO2. The first-order valence-electron chi connectivity index (χ1n) is 7.27. The number of carbonyl (C=O) groups excluding carboxylic acids is 1. The number of amides is 1. The molecule has 1 atom stereocenters. The van der Waals surface area contributed by atoms with Gasteiger partial charge in [0.05, 0.1) is 0 Å². The minimum Gasteiger partial charge on any atom is -0.486 e. The van der Waals surface area contributed by atoms with Gasteiger partial charge in [0.2, 0.25) is 5.91 Å². The zero-order chi connectivity index (χ0) is 14.5. The summed E-state index contributed by atoms with van der Waals surface area (Å²) >= 11 is 1.90. The molecule has 0 radical (unpaired) electrons. The number of rotatable bonds is 4. The van der Waals surface area contributed by atoms with Crippen molar-refractivity contribution < 1.29 is 14.3 Å². The normalized spacial score (nSPS) is 20.9. The van der Waals surface area contributed by atoms with Gasteiger partial charge in [-0.25, -0.2) is 0 Å². The Morgan fingerprint density at radius 1 is 1.33 bits per heavy atom. The van der Waals surface area contributed by atoms with Crippen LogP contribution in [0.5, 0.6) is 11.5 Å². The van der Waals surface area contributed by atoms with E-state index in [0.29, 0.717) is 32.2 Å². The van der Waals surface area contributed by atoms with Crippen LogP contribution >= 0.6 is 11.8 Å². The van der Waals surface area contributed by atoms with Gasteiger partial charge >= 0.3 is 0 Å². The molecule has 1 amide bonds. The standard InChI is InChI=1S/C15H20N2O3S/c18-15(8-12-10-21-6-3-16-12)17-9-11-1-2-13-14(7-11)20-5-4-19-13/h1-2,7,12,16H,3-6,8-10H2,(H,17,18). The van der Waals surface area contributed by atoms with E-state index in [-0.39, 0.29) is 5.91 Å². The van der Waals surface area contributed by atoms with E-state index < -0.39 is 0 Å². The third-order valence-corrected chi connectivity index (χ3v) is 4.66. The van der Waals surface area contributed by atoms with Crippen LogP contribution in [0.15, 0.2) is 18.2 Å². The van der Waals surface area contributed by atoms with Crippen molar-refractivity contribution in [1.82, 2.24) is 10.6 Å². The molecule has 114 valence electrons. The van der Waals surface area contributed by atoms with Crippen molar-refractivity contribution in [3.63, 3.8) is 0 Å². The number of ether oxygens (including phenoxy) is 2. The van der Waals surface area contributed by atoms with E-state index in [1.54, 1.807) is 0 Å². The van der Waals surface area contributed by atoms with Crippen LogP contribution in [-0.2, 0) is 11.3 Å². The molecule has 2 aliphatic heterocycles. The van der Waals surface area contributed by atoms with E-state index in [1.165, 1.54) is 0 Å².